The summed E-state index contributed by atoms with van der Waals surface area (Å²) in [5, 5.41) is 9.05. The predicted molar refractivity (Wildman–Crippen MR) is 95.9 cm³/mol. The van der Waals surface area contributed by atoms with Gasteiger partial charge in [-0.2, -0.15) is 0 Å². The normalized spacial score (nSPS) is 22.2. The molecule has 2 aliphatic rings. The zero-order valence-corrected chi connectivity index (χ0v) is 15.1. The summed E-state index contributed by atoms with van der Waals surface area (Å²) in [5.41, 5.74) is 0. The number of nitrogens with zero attached hydrogens (tertiary/aromatic N) is 5. The van der Waals surface area contributed by atoms with Crippen molar-refractivity contribution in [2.45, 2.75) is 45.3 Å². The van der Waals surface area contributed by atoms with Crippen LogP contribution in [0.4, 0.5) is 0 Å². The van der Waals surface area contributed by atoms with E-state index in [2.05, 4.69) is 37.4 Å². The number of piperidine rings is 1. The van der Waals surface area contributed by atoms with Crippen LogP contribution in [0.5, 0.6) is 0 Å². The van der Waals surface area contributed by atoms with Crippen molar-refractivity contribution in [1.82, 2.24) is 24.3 Å². The quantitative estimate of drug-likeness (QED) is 0.801. The summed E-state index contributed by atoms with van der Waals surface area (Å²) < 4.78 is 2.30. The number of hydrogen-bond acceptors (Lipinski definition) is 5. The molecule has 0 unspecified atom stereocenters. The molecule has 0 aliphatic carbocycles. The van der Waals surface area contributed by atoms with Gasteiger partial charge in [0.05, 0.1) is 13.2 Å². The molecular formula is C18H33N5O. The molecule has 0 radical (unpaired) electrons. The third-order valence-electron chi connectivity index (χ3n) is 5.53. The number of piperazine rings is 1. The van der Waals surface area contributed by atoms with Gasteiger partial charge in [-0.25, -0.2) is 4.98 Å². The third-order valence-corrected chi connectivity index (χ3v) is 5.53. The average molecular weight is 335 g/mol. The van der Waals surface area contributed by atoms with Gasteiger partial charge in [-0.05, 0) is 19.3 Å². The standard InChI is InChI=1S/C18H33N5O/c1-2-6-23-9-5-19-18(23)16-21-7-3-17(4-8-21)22-12-10-20(11-13-22)14-15-24/h5,9,17,24H,2-4,6-8,10-16H2,1H3. The van der Waals surface area contributed by atoms with Crippen LogP contribution in [0.2, 0.25) is 0 Å². The van der Waals surface area contributed by atoms with Gasteiger partial charge in [0.2, 0.25) is 0 Å². The molecule has 0 atom stereocenters. The van der Waals surface area contributed by atoms with E-state index in [0.29, 0.717) is 0 Å². The summed E-state index contributed by atoms with van der Waals surface area (Å²) in [5.74, 6) is 1.22. The summed E-state index contributed by atoms with van der Waals surface area (Å²) in [6.45, 7) is 12.3. The van der Waals surface area contributed by atoms with E-state index in [1.807, 2.05) is 6.20 Å². The number of β-amino-alcohol motifs (C(OH)–C–C–N with tert-alkyl or cyclic N) is 1. The SMILES string of the molecule is CCCn1ccnc1CN1CCC(N2CCN(CCO)CC2)CC1. The van der Waals surface area contributed by atoms with Gasteiger partial charge in [0, 0.05) is 70.8 Å². The first-order chi connectivity index (χ1) is 11.8. The number of rotatable bonds is 7. The Balaban J connectivity index is 1.42. The number of hydrogen-bond donors (Lipinski definition) is 1. The Morgan fingerprint density at radius 3 is 2.46 bits per heavy atom. The molecule has 24 heavy (non-hydrogen) atoms. The smallest absolute Gasteiger partial charge is 0.122 e. The lowest BCUT2D eigenvalue weighted by molar-refractivity contribution is 0.0509. The number of aryl methyl sites for hydroxylation is 1. The number of aromatic nitrogens is 2. The highest BCUT2D eigenvalue weighted by Crippen LogP contribution is 2.19. The molecule has 2 saturated heterocycles. The minimum absolute atomic E-state index is 0.284. The van der Waals surface area contributed by atoms with Gasteiger partial charge >= 0.3 is 0 Å². The van der Waals surface area contributed by atoms with Gasteiger partial charge in [0.15, 0.2) is 0 Å². The molecule has 0 spiro atoms. The maximum atomic E-state index is 9.05. The molecule has 1 aromatic rings. The summed E-state index contributed by atoms with van der Waals surface area (Å²) in [6.07, 6.45) is 7.75. The van der Waals surface area contributed by atoms with Crippen molar-refractivity contribution >= 4 is 0 Å². The van der Waals surface area contributed by atoms with Crippen LogP contribution in [-0.4, -0.2) is 87.8 Å². The Bertz CT molecular complexity index is 476. The van der Waals surface area contributed by atoms with Gasteiger partial charge in [0.25, 0.3) is 0 Å². The second-order valence-corrected chi connectivity index (χ2v) is 7.15. The molecule has 0 aromatic carbocycles. The van der Waals surface area contributed by atoms with Crippen molar-refractivity contribution in [3.63, 3.8) is 0 Å². The van der Waals surface area contributed by atoms with Crippen molar-refractivity contribution in [1.29, 1.82) is 0 Å². The van der Waals surface area contributed by atoms with Crippen LogP contribution in [0.1, 0.15) is 32.0 Å². The molecule has 3 rings (SSSR count). The van der Waals surface area contributed by atoms with Crippen molar-refractivity contribution in [3.05, 3.63) is 18.2 Å². The van der Waals surface area contributed by atoms with Crippen molar-refractivity contribution in [2.24, 2.45) is 0 Å². The molecule has 0 bridgehead atoms. The van der Waals surface area contributed by atoms with E-state index in [0.717, 1.165) is 58.3 Å². The lowest BCUT2D eigenvalue weighted by atomic mass is 10.0. The predicted octanol–water partition coefficient (Wildman–Crippen LogP) is 0.867. The van der Waals surface area contributed by atoms with Crippen LogP contribution in [0.25, 0.3) is 0 Å². The van der Waals surface area contributed by atoms with Crippen molar-refractivity contribution in [3.8, 4) is 0 Å². The summed E-state index contributed by atoms with van der Waals surface area (Å²) in [4.78, 5) is 12.2. The Kier molecular flexibility index (Phi) is 6.66. The number of likely N-dealkylation sites (tertiary alicyclic amines) is 1. The lowest BCUT2D eigenvalue weighted by Crippen LogP contribution is -2.53. The molecule has 3 heterocycles. The molecule has 0 amide bonds. The second-order valence-electron chi connectivity index (χ2n) is 7.15. The fraction of sp³-hybridized carbons (Fsp3) is 0.833. The molecule has 2 fully saturated rings. The Hall–Kier alpha value is -0.950. The highest BCUT2D eigenvalue weighted by Gasteiger charge is 2.27. The molecule has 1 aromatic heterocycles. The van der Waals surface area contributed by atoms with E-state index in [1.54, 1.807) is 0 Å². The maximum absolute atomic E-state index is 9.05. The molecule has 6 nitrogen and oxygen atoms in total. The summed E-state index contributed by atoms with van der Waals surface area (Å²) >= 11 is 0. The number of aliphatic hydroxyl groups is 1. The molecule has 2 aliphatic heterocycles. The van der Waals surface area contributed by atoms with Gasteiger partial charge in [-0.3, -0.25) is 14.7 Å². The molecule has 1 N–H and O–H groups in total. The van der Waals surface area contributed by atoms with Gasteiger partial charge < -0.3 is 9.67 Å². The van der Waals surface area contributed by atoms with E-state index in [4.69, 9.17) is 5.11 Å². The number of imidazole rings is 1. The molecule has 0 saturated carbocycles. The zero-order valence-electron chi connectivity index (χ0n) is 15.1. The monoisotopic (exact) mass is 335 g/mol. The summed E-state index contributed by atoms with van der Waals surface area (Å²) in [6, 6.07) is 0.743. The van der Waals surface area contributed by atoms with Crippen LogP contribution < -0.4 is 0 Å². The topological polar surface area (TPSA) is 47.8 Å². The Morgan fingerprint density at radius 1 is 1.04 bits per heavy atom. The highest BCUT2D eigenvalue weighted by atomic mass is 16.3. The first kappa shape index (κ1) is 17.9. The largest absolute Gasteiger partial charge is 0.395 e. The minimum atomic E-state index is 0.284. The van der Waals surface area contributed by atoms with Crippen LogP contribution in [0.15, 0.2) is 12.4 Å². The van der Waals surface area contributed by atoms with E-state index in [1.165, 1.54) is 31.8 Å². The maximum Gasteiger partial charge on any atom is 0.122 e. The third kappa shape index (κ3) is 4.57. The van der Waals surface area contributed by atoms with Crippen LogP contribution in [-0.2, 0) is 13.1 Å². The lowest BCUT2D eigenvalue weighted by Gasteiger charge is -2.42. The van der Waals surface area contributed by atoms with Crippen molar-refractivity contribution in [2.75, 3.05) is 52.4 Å². The minimum Gasteiger partial charge on any atom is -0.395 e. The molecule has 6 heteroatoms. The van der Waals surface area contributed by atoms with E-state index < -0.39 is 0 Å². The Morgan fingerprint density at radius 2 is 1.79 bits per heavy atom. The fourth-order valence-electron chi connectivity index (χ4n) is 4.07. The van der Waals surface area contributed by atoms with Gasteiger partial charge in [-0.1, -0.05) is 6.92 Å². The van der Waals surface area contributed by atoms with Gasteiger partial charge in [0.1, 0.15) is 5.82 Å². The zero-order chi connectivity index (χ0) is 16.8. The Labute approximate surface area is 146 Å². The first-order valence-electron chi connectivity index (χ1n) is 9.59. The van der Waals surface area contributed by atoms with E-state index >= 15 is 0 Å². The highest BCUT2D eigenvalue weighted by molar-refractivity contribution is 4.93. The molecule has 136 valence electrons. The molecular weight excluding hydrogens is 302 g/mol. The second kappa shape index (κ2) is 8.94. The van der Waals surface area contributed by atoms with E-state index in [9.17, 15) is 0 Å². The average Bonchev–Trinajstić information content (AvgIpc) is 3.04. The first-order valence-corrected chi connectivity index (χ1v) is 9.59. The van der Waals surface area contributed by atoms with Crippen molar-refractivity contribution < 1.29 is 5.11 Å². The van der Waals surface area contributed by atoms with E-state index in [-0.39, 0.29) is 6.61 Å². The van der Waals surface area contributed by atoms with Crippen LogP contribution in [0.3, 0.4) is 0 Å². The van der Waals surface area contributed by atoms with Crippen LogP contribution >= 0.6 is 0 Å². The van der Waals surface area contributed by atoms with Gasteiger partial charge in [-0.15, -0.1) is 0 Å². The summed E-state index contributed by atoms with van der Waals surface area (Å²) in [7, 11) is 0. The van der Waals surface area contributed by atoms with Crippen LogP contribution in [0, 0.1) is 0 Å². The fourth-order valence-corrected chi connectivity index (χ4v) is 4.07. The number of aliphatic hydroxyl groups excluding tert-OH is 1.